The number of hydrogen-bond donors (Lipinski definition) is 2. The molecule has 146 valence electrons. The van der Waals surface area contributed by atoms with Gasteiger partial charge in [0, 0.05) is 19.0 Å². The van der Waals surface area contributed by atoms with Gasteiger partial charge in [-0.15, -0.1) is 24.0 Å². The van der Waals surface area contributed by atoms with Crippen LogP contribution >= 0.6 is 35.7 Å². The van der Waals surface area contributed by atoms with E-state index < -0.39 is 0 Å². The SMILES string of the molecule is CCOc1cccc2cc(C(C)NC(=NC)NCCCCSC)oc12.I. The van der Waals surface area contributed by atoms with Gasteiger partial charge in [0.2, 0.25) is 0 Å². The van der Waals surface area contributed by atoms with Gasteiger partial charge in [0.05, 0.1) is 12.6 Å². The van der Waals surface area contributed by atoms with Crippen LogP contribution in [-0.4, -0.2) is 38.2 Å². The third-order valence-corrected chi connectivity index (χ3v) is 4.60. The van der Waals surface area contributed by atoms with Gasteiger partial charge >= 0.3 is 0 Å². The third-order valence-electron chi connectivity index (χ3n) is 3.90. The summed E-state index contributed by atoms with van der Waals surface area (Å²) in [6.07, 6.45) is 4.49. The zero-order valence-electron chi connectivity index (χ0n) is 16.0. The van der Waals surface area contributed by atoms with Crippen LogP contribution in [0.4, 0.5) is 0 Å². The Hall–Kier alpha value is -1.09. The number of hydrogen-bond acceptors (Lipinski definition) is 4. The highest BCUT2D eigenvalue weighted by atomic mass is 127. The number of thioether (sulfide) groups is 1. The summed E-state index contributed by atoms with van der Waals surface area (Å²) in [5, 5.41) is 7.79. The van der Waals surface area contributed by atoms with Crippen LogP contribution < -0.4 is 15.4 Å². The number of aliphatic imine (C=N–C) groups is 1. The van der Waals surface area contributed by atoms with E-state index in [0.717, 1.165) is 41.4 Å². The molecule has 1 heterocycles. The zero-order valence-corrected chi connectivity index (χ0v) is 19.1. The van der Waals surface area contributed by atoms with Crippen LogP contribution in [0.2, 0.25) is 0 Å². The number of unbranched alkanes of at least 4 members (excludes halogenated alkanes) is 1. The summed E-state index contributed by atoms with van der Waals surface area (Å²) in [5.74, 6) is 3.65. The molecule has 26 heavy (non-hydrogen) atoms. The lowest BCUT2D eigenvalue weighted by atomic mass is 10.2. The maximum Gasteiger partial charge on any atom is 0.191 e. The first-order chi connectivity index (χ1) is 12.2. The number of furan rings is 1. The number of benzene rings is 1. The minimum Gasteiger partial charge on any atom is -0.490 e. The van der Waals surface area contributed by atoms with Gasteiger partial charge in [0.1, 0.15) is 5.76 Å². The first-order valence-corrected chi connectivity index (χ1v) is 10.2. The van der Waals surface area contributed by atoms with Gasteiger partial charge in [0.25, 0.3) is 0 Å². The maximum absolute atomic E-state index is 6.04. The normalized spacial score (nSPS) is 12.5. The molecule has 0 aliphatic rings. The standard InChI is InChI=1S/C19H29N3O2S.HI/c1-5-23-16-10-8-9-15-13-17(24-18(15)16)14(2)22-19(20-3)21-11-6-7-12-25-4;/h8-10,13-14H,5-7,11-12H2,1-4H3,(H2,20,21,22);1H. The number of rotatable bonds is 9. The zero-order chi connectivity index (χ0) is 18.1. The van der Waals surface area contributed by atoms with Crippen molar-refractivity contribution in [1.29, 1.82) is 0 Å². The summed E-state index contributed by atoms with van der Waals surface area (Å²) in [4.78, 5) is 4.30. The van der Waals surface area contributed by atoms with E-state index in [2.05, 4.69) is 34.9 Å². The molecule has 0 fully saturated rings. The van der Waals surface area contributed by atoms with Gasteiger partial charge in [-0.3, -0.25) is 4.99 Å². The quantitative estimate of drug-likeness (QED) is 0.228. The predicted octanol–water partition coefficient (Wildman–Crippen LogP) is 4.82. The second-order valence-electron chi connectivity index (χ2n) is 5.82. The number of nitrogens with one attached hydrogen (secondary N) is 2. The summed E-state index contributed by atoms with van der Waals surface area (Å²) in [5.41, 5.74) is 0.799. The molecular formula is C19H30IN3O2S. The van der Waals surface area contributed by atoms with E-state index in [-0.39, 0.29) is 30.0 Å². The molecular weight excluding hydrogens is 461 g/mol. The molecule has 0 amide bonds. The molecule has 1 unspecified atom stereocenters. The number of guanidine groups is 1. The van der Waals surface area contributed by atoms with Crippen LogP contribution in [0.15, 0.2) is 33.7 Å². The molecule has 0 bridgehead atoms. The van der Waals surface area contributed by atoms with Crippen molar-refractivity contribution in [2.75, 3.05) is 32.2 Å². The van der Waals surface area contributed by atoms with E-state index in [0.29, 0.717) is 6.61 Å². The molecule has 0 radical (unpaired) electrons. The van der Waals surface area contributed by atoms with Crippen molar-refractivity contribution >= 4 is 52.7 Å². The van der Waals surface area contributed by atoms with Crippen LogP contribution in [0.3, 0.4) is 0 Å². The van der Waals surface area contributed by atoms with Gasteiger partial charge < -0.3 is 19.8 Å². The molecule has 1 aromatic heterocycles. The molecule has 0 saturated carbocycles. The van der Waals surface area contributed by atoms with E-state index in [1.165, 1.54) is 12.2 Å². The van der Waals surface area contributed by atoms with Gasteiger partial charge in [0.15, 0.2) is 17.3 Å². The van der Waals surface area contributed by atoms with Crippen LogP contribution in [0.5, 0.6) is 5.75 Å². The second kappa shape index (κ2) is 12.3. The fraction of sp³-hybridized carbons (Fsp3) is 0.526. The fourth-order valence-electron chi connectivity index (χ4n) is 2.59. The number of ether oxygens (including phenoxy) is 1. The molecule has 1 aromatic carbocycles. The van der Waals surface area contributed by atoms with E-state index in [1.807, 2.05) is 36.9 Å². The third kappa shape index (κ3) is 6.57. The molecule has 0 aliphatic heterocycles. The first kappa shape index (κ1) is 23.0. The lowest BCUT2D eigenvalue weighted by molar-refractivity contribution is 0.336. The summed E-state index contributed by atoms with van der Waals surface area (Å²) in [7, 11) is 1.79. The van der Waals surface area contributed by atoms with Gasteiger partial charge in [-0.05, 0) is 50.8 Å². The predicted molar refractivity (Wildman–Crippen MR) is 123 cm³/mol. The summed E-state index contributed by atoms with van der Waals surface area (Å²) in [6.45, 7) is 5.58. The molecule has 1 atom stereocenters. The Bertz CT molecular complexity index is 690. The Kier molecular flexibility index (Phi) is 10.9. The summed E-state index contributed by atoms with van der Waals surface area (Å²) in [6, 6.07) is 8.03. The Balaban J connectivity index is 0.00000338. The highest BCUT2D eigenvalue weighted by molar-refractivity contribution is 14.0. The molecule has 0 saturated heterocycles. The topological polar surface area (TPSA) is 58.8 Å². The Morgan fingerprint density at radius 1 is 1.35 bits per heavy atom. The Morgan fingerprint density at radius 3 is 2.85 bits per heavy atom. The van der Waals surface area contributed by atoms with Crippen molar-refractivity contribution in [2.45, 2.75) is 32.7 Å². The minimum atomic E-state index is 0. The van der Waals surface area contributed by atoms with E-state index in [4.69, 9.17) is 9.15 Å². The average Bonchev–Trinajstić information content (AvgIpc) is 3.06. The number of nitrogens with zero attached hydrogens (tertiary/aromatic N) is 1. The van der Waals surface area contributed by atoms with E-state index >= 15 is 0 Å². The highest BCUT2D eigenvalue weighted by Gasteiger charge is 2.15. The van der Waals surface area contributed by atoms with Crippen molar-refractivity contribution in [3.8, 4) is 5.75 Å². The van der Waals surface area contributed by atoms with E-state index in [1.54, 1.807) is 7.05 Å². The van der Waals surface area contributed by atoms with Crippen molar-refractivity contribution in [1.82, 2.24) is 10.6 Å². The van der Waals surface area contributed by atoms with Gasteiger partial charge in [-0.25, -0.2) is 0 Å². The number of para-hydroxylation sites is 1. The summed E-state index contributed by atoms with van der Waals surface area (Å²) < 4.78 is 11.7. The molecule has 2 aromatic rings. The van der Waals surface area contributed by atoms with E-state index in [9.17, 15) is 0 Å². The first-order valence-electron chi connectivity index (χ1n) is 8.81. The van der Waals surface area contributed by atoms with Gasteiger partial charge in [-0.2, -0.15) is 11.8 Å². The van der Waals surface area contributed by atoms with Crippen LogP contribution in [0.1, 0.15) is 38.5 Å². The lowest BCUT2D eigenvalue weighted by Gasteiger charge is -2.16. The molecule has 2 N–H and O–H groups in total. The van der Waals surface area contributed by atoms with Crippen LogP contribution in [0, 0.1) is 0 Å². The molecule has 0 aliphatic carbocycles. The molecule has 7 heteroatoms. The van der Waals surface area contributed by atoms with Gasteiger partial charge in [-0.1, -0.05) is 12.1 Å². The average molecular weight is 491 g/mol. The Morgan fingerprint density at radius 2 is 2.15 bits per heavy atom. The highest BCUT2D eigenvalue weighted by Crippen LogP contribution is 2.31. The van der Waals surface area contributed by atoms with Crippen molar-refractivity contribution in [2.24, 2.45) is 4.99 Å². The maximum atomic E-state index is 6.04. The van der Waals surface area contributed by atoms with Crippen molar-refractivity contribution in [3.63, 3.8) is 0 Å². The molecule has 5 nitrogen and oxygen atoms in total. The lowest BCUT2D eigenvalue weighted by Crippen LogP contribution is -2.39. The largest absolute Gasteiger partial charge is 0.490 e. The van der Waals surface area contributed by atoms with Crippen molar-refractivity contribution < 1.29 is 9.15 Å². The molecule has 2 rings (SSSR count). The van der Waals surface area contributed by atoms with Crippen molar-refractivity contribution in [3.05, 3.63) is 30.0 Å². The fourth-order valence-corrected chi connectivity index (χ4v) is 3.08. The number of fused-ring (bicyclic) bond motifs is 1. The molecule has 0 spiro atoms. The number of halogens is 1. The smallest absolute Gasteiger partial charge is 0.191 e. The van der Waals surface area contributed by atoms with Crippen LogP contribution in [-0.2, 0) is 0 Å². The Labute approximate surface area is 177 Å². The minimum absolute atomic E-state index is 0. The van der Waals surface area contributed by atoms with Crippen LogP contribution in [0.25, 0.3) is 11.0 Å². The monoisotopic (exact) mass is 491 g/mol. The summed E-state index contributed by atoms with van der Waals surface area (Å²) >= 11 is 1.88. The second-order valence-corrected chi connectivity index (χ2v) is 6.81.